The lowest BCUT2D eigenvalue weighted by Gasteiger charge is -2.03. The van der Waals surface area contributed by atoms with E-state index in [1.54, 1.807) is 6.20 Å². The summed E-state index contributed by atoms with van der Waals surface area (Å²) in [4.78, 5) is 16.1. The van der Waals surface area contributed by atoms with E-state index in [2.05, 4.69) is 30.7 Å². The number of hydrogen-bond acceptors (Lipinski definition) is 4. The Balaban J connectivity index is 1.71. The second kappa shape index (κ2) is 5.58. The highest BCUT2D eigenvalue weighted by Crippen LogP contribution is 2.19. The van der Waals surface area contributed by atoms with Gasteiger partial charge in [-0.2, -0.15) is 5.10 Å². The van der Waals surface area contributed by atoms with E-state index in [1.165, 1.54) is 0 Å². The standard InChI is InChI=1S/C14H14N6O/c1-2-12-17-13(20-19-12)14(21)16-10-5-3-9(4-6-10)11-7-8-15-18-11/h3-8H,2H2,1H3,(H,15,18)(H,16,21)(H,17,19,20). The third-order valence-electron chi connectivity index (χ3n) is 3.02. The monoisotopic (exact) mass is 282 g/mol. The lowest BCUT2D eigenvalue weighted by atomic mass is 10.1. The van der Waals surface area contributed by atoms with Crippen LogP contribution in [0.3, 0.4) is 0 Å². The fraction of sp³-hybridized carbons (Fsp3) is 0.143. The summed E-state index contributed by atoms with van der Waals surface area (Å²) in [5.41, 5.74) is 2.61. The molecule has 0 unspecified atom stereocenters. The van der Waals surface area contributed by atoms with Gasteiger partial charge in [-0.15, -0.1) is 5.10 Å². The van der Waals surface area contributed by atoms with Gasteiger partial charge in [0.05, 0.1) is 5.69 Å². The van der Waals surface area contributed by atoms with E-state index < -0.39 is 0 Å². The first-order valence-corrected chi connectivity index (χ1v) is 6.58. The fourth-order valence-electron chi connectivity index (χ4n) is 1.89. The SMILES string of the molecule is CCc1nc(C(=O)Nc2ccc(-c3ccn[nH]3)cc2)n[nH]1. The van der Waals surface area contributed by atoms with Crippen LogP contribution in [-0.2, 0) is 6.42 Å². The third kappa shape index (κ3) is 2.81. The van der Waals surface area contributed by atoms with E-state index in [9.17, 15) is 4.79 Å². The number of H-pyrrole nitrogens is 2. The van der Waals surface area contributed by atoms with Crippen LogP contribution in [0.5, 0.6) is 0 Å². The molecule has 0 radical (unpaired) electrons. The Morgan fingerprint density at radius 3 is 2.62 bits per heavy atom. The molecule has 0 saturated carbocycles. The first-order chi connectivity index (χ1) is 10.3. The lowest BCUT2D eigenvalue weighted by molar-refractivity contribution is 0.101. The van der Waals surface area contributed by atoms with Gasteiger partial charge in [-0.25, -0.2) is 4.98 Å². The molecule has 3 aromatic rings. The van der Waals surface area contributed by atoms with Crippen LogP contribution in [0.2, 0.25) is 0 Å². The summed E-state index contributed by atoms with van der Waals surface area (Å²) < 4.78 is 0. The van der Waals surface area contributed by atoms with Crippen LogP contribution < -0.4 is 5.32 Å². The van der Waals surface area contributed by atoms with Gasteiger partial charge in [0, 0.05) is 18.3 Å². The predicted octanol–water partition coefficient (Wildman–Crippen LogP) is 2.01. The smallest absolute Gasteiger partial charge is 0.295 e. The zero-order valence-corrected chi connectivity index (χ0v) is 11.4. The van der Waals surface area contributed by atoms with Crippen molar-refractivity contribution >= 4 is 11.6 Å². The van der Waals surface area contributed by atoms with Crippen molar-refractivity contribution in [1.82, 2.24) is 25.4 Å². The molecule has 7 nitrogen and oxygen atoms in total. The van der Waals surface area contributed by atoms with Crippen molar-refractivity contribution in [3.8, 4) is 11.3 Å². The van der Waals surface area contributed by atoms with Crippen molar-refractivity contribution in [2.75, 3.05) is 5.32 Å². The van der Waals surface area contributed by atoms with Crippen LogP contribution in [0, 0.1) is 0 Å². The largest absolute Gasteiger partial charge is 0.319 e. The van der Waals surface area contributed by atoms with Crippen LogP contribution in [0.25, 0.3) is 11.3 Å². The van der Waals surface area contributed by atoms with Gasteiger partial charge >= 0.3 is 0 Å². The number of rotatable bonds is 4. The maximum absolute atomic E-state index is 12.0. The number of carbonyl (C=O) groups excluding carboxylic acids is 1. The highest BCUT2D eigenvalue weighted by Gasteiger charge is 2.12. The predicted molar refractivity (Wildman–Crippen MR) is 77.7 cm³/mol. The summed E-state index contributed by atoms with van der Waals surface area (Å²) in [5.74, 6) is 0.500. The molecule has 0 aliphatic rings. The van der Waals surface area contributed by atoms with Crippen molar-refractivity contribution in [2.24, 2.45) is 0 Å². The molecule has 21 heavy (non-hydrogen) atoms. The highest BCUT2D eigenvalue weighted by molar-refractivity contribution is 6.01. The van der Waals surface area contributed by atoms with Crippen LogP contribution in [0.4, 0.5) is 5.69 Å². The molecular weight excluding hydrogens is 268 g/mol. The molecular formula is C14H14N6O. The Labute approximate surface area is 120 Å². The number of benzene rings is 1. The quantitative estimate of drug-likeness (QED) is 0.681. The maximum Gasteiger partial charge on any atom is 0.295 e. The van der Waals surface area contributed by atoms with Crippen molar-refractivity contribution < 1.29 is 4.79 Å². The first kappa shape index (κ1) is 13.0. The number of anilines is 1. The molecule has 1 aromatic carbocycles. The molecule has 2 heterocycles. The zero-order valence-electron chi connectivity index (χ0n) is 11.4. The number of nitrogens with one attached hydrogen (secondary N) is 3. The maximum atomic E-state index is 12.0. The molecule has 3 N–H and O–H groups in total. The molecule has 2 aromatic heterocycles. The third-order valence-corrected chi connectivity index (χ3v) is 3.02. The summed E-state index contributed by atoms with van der Waals surface area (Å²) >= 11 is 0. The number of aromatic nitrogens is 5. The van der Waals surface area contributed by atoms with Gasteiger partial charge in [-0.05, 0) is 23.8 Å². The average molecular weight is 282 g/mol. The molecule has 0 saturated heterocycles. The minimum absolute atomic E-state index is 0.143. The number of amides is 1. The number of aromatic amines is 2. The number of aryl methyl sites for hydroxylation is 1. The first-order valence-electron chi connectivity index (χ1n) is 6.58. The van der Waals surface area contributed by atoms with Gasteiger partial charge in [0.2, 0.25) is 5.82 Å². The number of hydrogen-bond donors (Lipinski definition) is 3. The zero-order chi connectivity index (χ0) is 14.7. The molecule has 0 aliphatic carbocycles. The molecule has 106 valence electrons. The summed E-state index contributed by atoms with van der Waals surface area (Å²) in [5, 5.41) is 16.1. The fourth-order valence-corrected chi connectivity index (χ4v) is 1.89. The molecule has 0 spiro atoms. The molecule has 3 rings (SSSR count). The Kier molecular flexibility index (Phi) is 3.46. The number of carbonyl (C=O) groups is 1. The molecule has 0 fully saturated rings. The van der Waals surface area contributed by atoms with E-state index in [0.717, 1.165) is 11.3 Å². The van der Waals surface area contributed by atoms with Gasteiger partial charge in [0.1, 0.15) is 5.82 Å². The normalized spacial score (nSPS) is 10.5. The van der Waals surface area contributed by atoms with Gasteiger partial charge in [-0.1, -0.05) is 19.1 Å². The summed E-state index contributed by atoms with van der Waals surface area (Å²) in [7, 11) is 0. The average Bonchev–Trinajstić information content (AvgIpc) is 3.19. The Morgan fingerprint density at radius 2 is 2.00 bits per heavy atom. The molecule has 0 bridgehead atoms. The molecule has 1 amide bonds. The van der Waals surface area contributed by atoms with Gasteiger partial charge in [0.25, 0.3) is 5.91 Å². The minimum atomic E-state index is -0.333. The van der Waals surface area contributed by atoms with Crippen molar-refractivity contribution in [2.45, 2.75) is 13.3 Å². The van der Waals surface area contributed by atoms with E-state index in [4.69, 9.17) is 0 Å². The van der Waals surface area contributed by atoms with Crippen LogP contribution >= 0.6 is 0 Å². The minimum Gasteiger partial charge on any atom is -0.319 e. The second-order valence-electron chi connectivity index (χ2n) is 4.46. The lowest BCUT2D eigenvalue weighted by Crippen LogP contribution is -2.13. The van der Waals surface area contributed by atoms with Gasteiger partial charge < -0.3 is 5.32 Å². The summed E-state index contributed by atoms with van der Waals surface area (Å²) in [6.45, 7) is 1.94. The van der Waals surface area contributed by atoms with E-state index in [0.29, 0.717) is 17.9 Å². The molecule has 0 aliphatic heterocycles. The van der Waals surface area contributed by atoms with Crippen LogP contribution in [0.1, 0.15) is 23.4 Å². The van der Waals surface area contributed by atoms with Crippen molar-refractivity contribution in [3.63, 3.8) is 0 Å². The van der Waals surface area contributed by atoms with Gasteiger partial charge in [0.15, 0.2) is 0 Å². The second-order valence-corrected chi connectivity index (χ2v) is 4.46. The summed E-state index contributed by atoms with van der Waals surface area (Å²) in [6.07, 6.45) is 2.40. The Bertz CT molecular complexity index is 729. The van der Waals surface area contributed by atoms with E-state index >= 15 is 0 Å². The summed E-state index contributed by atoms with van der Waals surface area (Å²) in [6, 6.07) is 9.33. The van der Waals surface area contributed by atoms with Crippen molar-refractivity contribution in [1.29, 1.82) is 0 Å². The van der Waals surface area contributed by atoms with Crippen LogP contribution in [0.15, 0.2) is 36.5 Å². The van der Waals surface area contributed by atoms with E-state index in [1.807, 2.05) is 37.3 Å². The molecule has 0 atom stereocenters. The topological polar surface area (TPSA) is 99.3 Å². The van der Waals surface area contributed by atoms with Gasteiger partial charge in [-0.3, -0.25) is 15.0 Å². The number of nitrogens with zero attached hydrogens (tertiary/aromatic N) is 3. The Hall–Kier alpha value is -2.96. The van der Waals surface area contributed by atoms with E-state index in [-0.39, 0.29) is 11.7 Å². The Morgan fingerprint density at radius 1 is 1.19 bits per heavy atom. The molecule has 7 heteroatoms. The van der Waals surface area contributed by atoms with Crippen LogP contribution in [-0.4, -0.2) is 31.3 Å². The van der Waals surface area contributed by atoms with Crippen molar-refractivity contribution in [3.05, 3.63) is 48.2 Å². The highest BCUT2D eigenvalue weighted by atomic mass is 16.2.